The van der Waals surface area contributed by atoms with Crippen LogP contribution in [0.15, 0.2) is 22.7 Å². The Morgan fingerprint density at radius 1 is 1.53 bits per heavy atom. The molecule has 17 heavy (non-hydrogen) atoms. The summed E-state index contributed by atoms with van der Waals surface area (Å²) in [5.74, 6) is -0.345. The van der Waals surface area contributed by atoms with Gasteiger partial charge in [0, 0.05) is 23.6 Å². The lowest BCUT2D eigenvalue weighted by atomic mass is 10.2. The maximum Gasteiger partial charge on any atom is 0.236 e. The third kappa shape index (κ3) is 4.44. The fourth-order valence-corrected chi connectivity index (χ4v) is 1.78. The lowest BCUT2D eigenvalue weighted by Crippen LogP contribution is -2.35. The van der Waals surface area contributed by atoms with Crippen molar-refractivity contribution in [2.45, 2.75) is 13.5 Å². The Balaban J connectivity index is 2.64. The first-order valence-electron chi connectivity index (χ1n) is 5.43. The van der Waals surface area contributed by atoms with Crippen LogP contribution in [-0.2, 0) is 11.3 Å². The molecule has 1 aromatic rings. The number of benzene rings is 1. The summed E-state index contributed by atoms with van der Waals surface area (Å²) in [5, 5.41) is 2.95. The number of rotatable bonds is 5. The summed E-state index contributed by atoms with van der Waals surface area (Å²) in [7, 11) is 1.67. The quantitative estimate of drug-likeness (QED) is 0.904. The number of halogens is 2. The predicted molar refractivity (Wildman–Crippen MR) is 69.1 cm³/mol. The molecular formula is C12H16BrFN2O. The van der Waals surface area contributed by atoms with E-state index in [9.17, 15) is 9.18 Å². The van der Waals surface area contributed by atoms with Gasteiger partial charge in [0.05, 0.1) is 6.54 Å². The number of nitrogens with zero attached hydrogens (tertiary/aromatic N) is 1. The first-order chi connectivity index (χ1) is 8.04. The molecular weight excluding hydrogens is 287 g/mol. The Bertz CT molecular complexity index is 398. The summed E-state index contributed by atoms with van der Waals surface area (Å²) in [4.78, 5) is 13.1. The molecule has 0 bridgehead atoms. The normalized spacial score (nSPS) is 10.4. The van der Waals surface area contributed by atoms with Crippen LogP contribution < -0.4 is 5.32 Å². The molecule has 0 unspecified atom stereocenters. The number of hydrogen-bond donors (Lipinski definition) is 1. The second-order valence-corrected chi connectivity index (χ2v) is 4.68. The Labute approximate surface area is 109 Å². The number of hydrogen-bond acceptors (Lipinski definition) is 2. The van der Waals surface area contributed by atoms with Gasteiger partial charge in [-0.15, -0.1) is 0 Å². The van der Waals surface area contributed by atoms with Crippen molar-refractivity contribution in [2.24, 2.45) is 0 Å². The summed E-state index contributed by atoms with van der Waals surface area (Å²) in [6, 6.07) is 4.72. The largest absolute Gasteiger partial charge is 0.340 e. The van der Waals surface area contributed by atoms with E-state index in [-0.39, 0.29) is 24.8 Å². The van der Waals surface area contributed by atoms with Gasteiger partial charge in [0.15, 0.2) is 0 Å². The minimum atomic E-state index is -0.295. The summed E-state index contributed by atoms with van der Waals surface area (Å²) < 4.78 is 14.3. The molecule has 1 rings (SSSR count). The molecule has 3 nitrogen and oxygen atoms in total. The van der Waals surface area contributed by atoms with Gasteiger partial charge in [0.2, 0.25) is 5.91 Å². The van der Waals surface area contributed by atoms with Gasteiger partial charge in [-0.1, -0.05) is 22.9 Å². The zero-order valence-corrected chi connectivity index (χ0v) is 11.6. The Kier molecular flexibility index (Phi) is 5.58. The topological polar surface area (TPSA) is 32.3 Å². The zero-order valence-electron chi connectivity index (χ0n) is 9.96. The summed E-state index contributed by atoms with van der Waals surface area (Å²) >= 11 is 3.28. The fourth-order valence-electron chi connectivity index (χ4n) is 1.38. The summed E-state index contributed by atoms with van der Waals surface area (Å²) in [5.41, 5.74) is 0.506. The van der Waals surface area contributed by atoms with E-state index in [1.54, 1.807) is 19.2 Å². The molecule has 5 heteroatoms. The SMILES string of the molecule is CCNCC(=O)N(C)Cc1cc(Br)ccc1F. The Morgan fingerprint density at radius 3 is 2.88 bits per heavy atom. The zero-order chi connectivity index (χ0) is 12.8. The van der Waals surface area contributed by atoms with E-state index in [2.05, 4.69) is 21.2 Å². The van der Waals surface area contributed by atoms with E-state index in [1.807, 2.05) is 6.92 Å². The van der Waals surface area contributed by atoms with Crippen LogP contribution in [0.4, 0.5) is 4.39 Å². The van der Waals surface area contributed by atoms with Crippen LogP contribution in [0.25, 0.3) is 0 Å². The van der Waals surface area contributed by atoms with Crippen LogP contribution in [0.1, 0.15) is 12.5 Å². The fraction of sp³-hybridized carbons (Fsp3) is 0.417. The Morgan fingerprint density at radius 2 is 2.24 bits per heavy atom. The lowest BCUT2D eigenvalue weighted by molar-refractivity contribution is -0.129. The molecule has 0 aliphatic carbocycles. The van der Waals surface area contributed by atoms with Crippen LogP contribution in [0, 0.1) is 5.82 Å². The smallest absolute Gasteiger partial charge is 0.236 e. The third-order valence-corrected chi connectivity index (χ3v) is 2.86. The third-order valence-electron chi connectivity index (χ3n) is 2.37. The highest BCUT2D eigenvalue weighted by Gasteiger charge is 2.11. The van der Waals surface area contributed by atoms with Crippen molar-refractivity contribution in [3.05, 3.63) is 34.1 Å². The maximum absolute atomic E-state index is 13.5. The highest BCUT2D eigenvalue weighted by molar-refractivity contribution is 9.10. The van der Waals surface area contributed by atoms with Crippen LogP contribution in [-0.4, -0.2) is 30.9 Å². The molecule has 0 heterocycles. The highest BCUT2D eigenvalue weighted by atomic mass is 79.9. The van der Waals surface area contributed by atoms with Gasteiger partial charge in [-0.25, -0.2) is 4.39 Å². The molecule has 0 spiro atoms. The lowest BCUT2D eigenvalue weighted by Gasteiger charge is -2.18. The molecule has 1 aromatic carbocycles. The molecule has 0 atom stereocenters. The second-order valence-electron chi connectivity index (χ2n) is 3.77. The van der Waals surface area contributed by atoms with Crippen molar-refractivity contribution in [1.29, 1.82) is 0 Å². The number of carbonyl (C=O) groups excluding carboxylic acids is 1. The van der Waals surface area contributed by atoms with E-state index < -0.39 is 0 Å². The number of amides is 1. The van der Waals surface area contributed by atoms with Crippen LogP contribution >= 0.6 is 15.9 Å². The van der Waals surface area contributed by atoms with Crippen molar-refractivity contribution >= 4 is 21.8 Å². The van der Waals surface area contributed by atoms with Gasteiger partial charge in [0.1, 0.15) is 5.82 Å². The van der Waals surface area contributed by atoms with E-state index in [1.165, 1.54) is 11.0 Å². The number of nitrogens with one attached hydrogen (secondary N) is 1. The van der Waals surface area contributed by atoms with E-state index in [4.69, 9.17) is 0 Å². The van der Waals surface area contributed by atoms with E-state index in [0.29, 0.717) is 5.56 Å². The van der Waals surface area contributed by atoms with Crippen molar-refractivity contribution in [1.82, 2.24) is 10.2 Å². The minimum absolute atomic E-state index is 0.0498. The molecule has 0 radical (unpaired) electrons. The van der Waals surface area contributed by atoms with E-state index in [0.717, 1.165) is 11.0 Å². The average molecular weight is 303 g/mol. The minimum Gasteiger partial charge on any atom is -0.340 e. The molecule has 94 valence electrons. The van der Waals surface area contributed by atoms with Crippen molar-refractivity contribution < 1.29 is 9.18 Å². The van der Waals surface area contributed by atoms with Crippen LogP contribution in [0.5, 0.6) is 0 Å². The van der Waals surface area contributed by atoms with Crippen molar-refractivity contribution in [3.8, 4) is 0 Å². The van der Waals surface area contributed by atoms with Gasteiger partial charge in [-0.3, -0.25) is 4.79 Å². The van der Waals surface area contributed by atoms with Crippen molar-refractivity contribution in [3.63, 3.8) is 0 Å². The molecule has 0 aliphatic heterocycles. The average Bonchev–Trinajstić information content (AvgIpc) is 2.30. The Hall–Kier alpha value is -0.940. The molecule has 0 saturated heterocycles. The second kappa shape index (κ2) is 6.71. The summed E-state index contributed by atoms with van der Waals surface area (Å²) in [6.07, 6.45) is 0. The molecule has 1 N–H and O–H groups in total. The standard InChI is InChI=1S/C12H16BrFN2O/c1-3-15-7-12(17)16(2)8-9-6-10(13)4-5-11(9)14/h4-6,15H,3,7-8H2,1-2H3. The monoisotopic (exact) mass is 302 g/mol. The van der Waals surface area contributed by atoms with Gasteiger partial charge in [-0.2, -0.15) is 0 Å². The first kappa shape index (κ1) is 14.1. The molecule has 0 aliphatic rings. The first-order valence-corrected chi connectivity index (χ1v) is 6.22. The maximum atomic E-state index is 13.5. The highest BCUT2D eigenvalue weighted by Crippen LogP contribution is 2.16. The van der Waals surface area contributed by atoms with Gasteiger partial charge in [-0.05, 0) is 24.7 Å². The summed E-state index contributed by atoms with van der Waals surface area (Å²) in [6.45, 7) is 3.23. The molecule has 0 aromatic heterocycles. The van der Waals surface area contributed by atoms with Gasteiger partial charge in [0.25, 0.3) is 0 Å². The molecule has 1 amide bonds. The van der Waals surface area contributed by atoms with E-state index >= 15 is 0 Å². The van der Waals surface area contributed by atoms with Crippen LogP contribution in [0.3, 0.4) is 0 Å². The number of carbonyl (C=O) groups is 1. The predicted octanol–water partition coefficient (Wildman–Crippen LogP) is 2.16. The van der Waals surface area contributed by atoms with Crippen LogP contribution in [0.2, 0.25) is 0 Å². The molecule has 0 saturated carbocycles. The van der Waals surface area contributed by atoms with Gasteiger partial charge < -0.3 is 10.2 Å². The van der Waals surface area contributed by atoms with Crippen molar-refractivity contribution in [2.75, 3.05) is 20.1 Å². The number of likely N-dealkylation sites (N-methyl/N-ethyl adjacent to an activating group) is 2. The molecule has 0 fully saturated rings. The van der Waals surface area contributed by atoms with Gasteiger partial charge >= 0.3 is 0 Å².